The van der Waals surface area contributed by atoms with Gasteiger partial charge in [-0.25, -0.2) is 0 Å². The summed E-state index contributed by atoms with van der Waals surface area (Å²) >= 11 is -0.920. The van der Waals surface area contributed by atoms with E-state index in [0.29, 0.717) is 0 Å². The van der Waals surface area contributed by atoms with Crippen molar-refractivity contribution in [1.29, 1.82) is 0 Å². The van der Waals surface area contributed by atoms with E-state index in [9.17, 15) is 4.39 Å². The quantitative estimate of drug-likeness (QED) is 0.521. The molecule has 6 heavy (non-hydrogen) atoms. The Balaban J connectivity index is 2.63. The SMILES string of the molecule is [CH3][Ga]([CH3])[CH2]CF. The van der Waals surface area contributed by atoms with Crippen LogP contribution in [0.3, 0.4) is 0 Å². The second kappa shape index (κ2) is 3.75. The van der Waals surface area contributed by atoms with Crippen LogP contribution in [-0.2, 0) is 0 Å². The summed E-state index contributed by atoms with van der Waals surface area (Å²) in [5.41, 5.74) is 4.40. The fourth-order valence-electron chi connectivity index (χ4n) is 0.218. The molecule has 0 N–H and O–H groups in total. The van der Waals surface area contributed by atoms with Crippen LogP contribution in [0.2, 0.25) is 15.9 Å². The van der Waals surface area contributed by atoms with Crippen LogP contribution in [0.5, 0.6) is 0 Å². The fraction of sp³-hybridized carbons (Fsp3) is 1.00. The summed E-state index contributed by atoms with van der Waals surface area (Å²) in [6.45, 7) is -0.0856. The summed E-state index contributed by atoms with van der Waals surface area (Å²) in [4.78, 5) is 0.896. The van der Waals surface area contributed by atoms with Crippen molar-refractivity contribution >= 4 is 16.2 Å². The van der Waals surface area contributed by atoms with Gasteiger partial charge in [0.25, 0.3) is 0 Å². The Kier molecular flexibility index (Phi) is 4.10. The van der Waals surface area contributed by atoms with Gasteiger partial charge in [-0.2, -0.15) is 0 Å². The summed E-state index contributed by atoms with van der Waals surface area (Å²) < 4.78 is 11.3. The minimum absolute atomic E-state index is 0.0856. The molecule has 0 heterocycles. The van der Waals surface area contributed by atoms with Gasteiger partial charge in [0.15, 0.2) is 0 Å². The van der Waals surface area contributed by atoms with E-state index in [4.69, 9.17) is 0 Å². The zero-order valence-corrected chi connectivity index (χ0v) is 6.79. The molecule has 0 aliphatic carbocycles. The molecule has 0 radical (unpaired) electrons. The van der Waals surface area contributed by atoms with Crippen molar-refractivity contribution in [2.75, 3.05) is 6.67 Å². The van der Waals surface area contributed by atoms with Gasteiger partial charge in [0.1, 0.15) is 0 Å². The van der Waals surface area contributed by atoms with E-state index in [1.807, 2.05) is 0 Å². The van der Waals surface area contributed by atoms with Crippen molar-refractivity contribution in [2.45, 2.75) is 15.9 Å². The Labute approximate surface area is 43.8 Å². The average molecular weight is 147 g/mol. The molecule has 0 atom stereocenters. The molecule has 0 bridgehead atoms. The van der Waals surface area contributed by atoms with Crippen molar-refractivity contribution in [3.8, 4) is 0 Å². The molecule has 0 spiro atoms. The van der Waals surface area contributed by atoms with Gasteiger partial charge in [-0.05, 0) is 0 Å². The molecule has 0 nitrogen and oxygen atoms in total. The van der Waals surface area contributed by atoms with Gasteiger partial charge in [0.2, 0.25) is 0 Å². The minimum atomic E-state index is -0.920. The van der Waals surface area contributed by atoms with Gasteiger partial charge in [-0.15, -0.1) is 0 Å². The normalized spacial score (nSPS) is 8.50. The number of halogens is 1. The summed E-state index contributed by atoms with van der Waals surface area (Å²) in [7, 11) is 0. The molecule has 0 aliphatic rings. The van der Waals surface area contributed by atoms with Gasteiger partial charge in [0.05, 0.1) is 0 Å². The molecule has 0 amide bonds. The van der Waals surface area contributed by atoms with Crippen LogP contribution in [0.4, 0.5) is 4.39 Å². The van der Waals surface area contributed by atoms with E-state index in [0.717, 1.165) is 4.98 Å². The first-order chi connectivity index (χ1) is 2.77. The molecule has 0 rings (SSSR count). The average Bonchev–Trinajstić information content (AvgIpc) is 1.35. The van der Waals surface area contributed by atoms with Crippen LogP contribution >= 0.6 is 0 Å². The fourth-order valence-corrected chi connectivity index (χ4v) is 1.13. The standard InChI is InChI=1S/C2H4F.2CH3.Ga/c1-2-3;;;/h1-2H2;2*1H3;. The van der Waals surface area contributed by atoms with Crippen LogP contribution in [0, 0.1) is 0 Å². The molecule has 0 fully saturated rings. The van der Waals surface area contributed by atoms with E-state index < -0.39 is 16.2 Å². The molecule has 0 aromatic rings. The van der Waals surface area contributed by atoms with Gasteiger partial charge < -0.3 is 0 Å². The summed E-state index contributed by atoms with van der Waals surface area (Å²) in [6, 6.07) is 0. The first-order valence-corrected chi connectivity index (χ1v) is 8.89. The molecule has 0 aromatic heterocycles. The maximum absolute atomic E-state index is 11.3. The zero-order chi connectivity index (χ0) is 4.99. The van der Waals surface area contributed by atoms with Gasteiger partial charge in [-0.1, -0.05) is 0 Å². The third-order valence-corrected chi connectivity index (χ3v) is 3.57. The zero-order valence-electron chi connectivity index (χ0n) is 4.37. The summed E-state index contributed by atoms with van der Waals surface area (Å²) in [5.74, 6) is 0. The van der Waals surface area contributed by atoms with E-state index in [2.05, 4.69) is 11.0 Å². The summed E-state index contributed by atoms with van der Waals surface area (Å²) in [6.07, 6.45) is 0. The molecule has 0 saturated heterocycles. The van der Waals surface area contributed by atoms with Crippen molar-refractivity contribution in [3.63, 3.8) is 0 Å². The van der Waals surface area contributed by atoms with E-state index in [1.165, 1.54) is 0 Å². The molecular formula is C4H10FGa. The van der Waals surface area contributed by atoms with E-state index in [1.54, 1.807) is 0 Å². The van der Waals surface area contributed by atoms with Crippen LogP contribution in [0.1, 0.15) is 0 Å². The number of rotatable bonds is 2. The van der Waals surface area contributed by atoms with Crippen molar-refractivity contribution in [3.05, 3.63) is 0 Å². The molecular weight excluding hydrogens is 137 g/mol. The molecule has 2 heteroatoms. The third kappa shape index (κ3) is 4.57. The Bertz CT molecular complexity index is 28.7. The molecule has 0 aliphatic heterocycles. The first kappa shape index (κ1) is 6.57. The predicted octanol–water partition coefficient (Wildman–Crippen LogP) is 1.71. The van der Waals surface area contributed by atoms with Gasteiger partial charge in [0, 0.05) is 0 Å². The molecule has 36 valence electrons. The van der Waals surface area contributed by atoms with Crippen LogP contribution < -0.4 is 0 Å². The molecule has 0 unspecified atom stereocenters. The second-order valence-electron chi connectivity index (χ2n) is 1.87. The maximum atomic E-state index is 11.3. The third-order valence-electron chi connectivity index (χ3n) is 0.686. The van der Waals surface area contributed by atoms with E-state index >= 15 is 0 Å². The predicted molar refractivity (Wildman–Crippen MR) is 28.3 cm³/mol. The van der Waals surface area contributed by atoms with Crippen LogP contribution in [0.15, 0.2) is 0 Å². The molecule has 0 saturated carbocycles. The molecule has 0 aromatic carbocycles. The Morgan fingerprint density at radius 1 is 1.50 bits per heavy atom. The van der Waals surface area contributed by atoms with Gasteiger partial charge in [-0.3, -0.25) is 0 Å². The van der Waals surface area contributed by atoms with Crippen molar-refractivity contribution in [1.82, 2.24) is 0 Å². The monoisotopic (exact) mass is 146 g/mol. The topological polar surface area (TPSA) is 0 Å². The van der Waals surface area contributed by atoms with E-state index in [-0.39, 0.29) is 6.67 Å². The first-order valence-electron chi connectivity index (χ1n) is 2.33. The number of alkyl halides is 1. The van der Waals surface area contributed by atoms with Crippen LogP contribution in [0.25, 0.3) is 0 Å². The van der Waals surface area contributed by atoms with Crippen LogP contribution in [-0.4, -0.2) is 22.9 Å². The number of hydrogen-bond donors (Lipinski definition) is 0. The number of hydrogen-bond acceptors (Lipinski definition) is 0. The Morgan fingerprint density at radius 2 is 2.00 bits per heavy atom. The van der Waals surface area contributed by atoms with Gasteiger partial charge >= 0.3 is 43.2 Å². The van der Waals surface area contributed by atoms with Crippen molar-refractivity contribution < 1.29 is 4.39 Å². The summed E-state index contributed by atoms with van der Waals surface area (Å²) in [5, 5.41) is 0. The second-order valence-corrected chi connectivity index (χ2v) is 8.93. The van der Waals surface area contributed by atoms with Crippen molar-refractivity contribution in [2.24, 2.45) is 0 Å². The Morgan fingerprint density at radius 3 is 2.00 bits per heavy atom. The Hall–Kier alpha value is 0.566.